The van der Waals surface area contributed by atoms with Crippen molar-refractivity contribution in [2.45, 2.75) is 0 Å². The minimum Gasteiger partial charge on any atom is -0.0879 e. The molecule has 0 N–H and O–H groups in total. The van der Waals surface area contributed by atoms with E-state index in [2.05, 4.69) is 12.6 Å². The quantitative estimate of drug-likeness (QED) is 0.576. The van der Waals surface area contributed by atoms with Crippen LogP contribution in [-0.2, 0) is 0 Å². The molecule has 0 saturated heterocycles. The van der Waals surface area contributed by atoms with E-state index in [0.717, 1.165) is 0 Å². The third kappa shape index (κ3) is 3.53. The second-order valence-electron chi connectivity index (χ2n) is 0.810. The molecule has 4 heteroatoms. The zero-order valence-corrected chi connectivity index (χ0v) is 6.33. The predicted molar refractivity (Wildman–Crippen MR) is 37.0 cm³/mol. The summed E-state index contributed by atoms with van der Waals surface area (Å²) in [5.41, 5.74) is 0. The first-order valence-corrected chi connectivity index (χ1v) is 3.17. The van der Waals surface area contributed by atoms with Gasteiger partial charge in [-0.15, -0.1) is 0 Å². The summed E-state index contributed by atoms with van der Waals surface area (Å²) in [5.74, 6) is 0.282. The van der Waals surface area contributed by atoms with Crippen LogP contribution < -0.4 is 0 Å². The average molecular weight is 176 g/mol. The van der Waals surface area contributed by atoms with Crippen molar-refractivity contribution in [1.82, 2.24) is 0 Å². The van der Waals surface area contributed by atoms with Crippen molar-refractivity contribution in [3.05, 3.63) is 9.52 Å². The van der Waals surface area contributed by atoms with E-state index in [4.69, 9.17) is 34.8 Å². The fraction of sp³-hybridized carbons (Fsp3) is 0.333. The van der Waals surface area contributed by atoms with Crippen LogP contribution in [0.4, 0.5) is 0 Å². The van der Waals surface area contributed by atoms with Crippen LogP contribution in [0.15, 0.2) is 9.52 Å². The lowest BCUT2D eigenvalue weighted by atomic mass is 10.7. The summed E-state index contributed by atoms with van der Waals surface area (Å²) in [4.78, 5) is 0. The molecule has 0 rings (SSSR count). The van der Waals surface area contributed by atoms with Gasteiger partial charge in [-0.25, -0.2) is 0 Å². The number of hydrogen-bond donors (Lipinski definition) is 0. The lowest BCUT2D eigenvalue weighted by Crippen LogP contribution is -1.70. The van der Waals surface area contributed by atoms with E-state index >= 15 is 0 Å². The van der Waals surface area contributed by atoms with E-state index in [-0.39, 0.29) is 10.2 Å². The van der Waals surface area contributed by atoms with Gasteiger partial charge >= 0.3 is 0 Å². The maximum Gasteiger partial charge on any atom is 0.122 e. The molecule has 0 aromatic rings. The first-order chi connectivity index (χ1) is 3.18. The van der Waals surface area contributed by atoms with Crippen molar-refractivity contribution in [2.75, 3.05) is 5.75 Å². The van der Waals surface area contributed by atoms with Crippen LogP contribution in [-0.4, -0.2) is 5.75 Å². The Hall–Kier alpha value is 0.960. The Labute approximate surface area is 62.8 Å². The van der Waals surface area contributed by atoms with Crippen LogP contribution in [0.5, 0.6) is 0 Å². The van der Waals surface area contributed by atoms with E-state index in [1.807, 2.05) is 0 Å². The van der Waals surface area contributed by atoms with Gasteiger partial charge in [0.05, 0.1) is 5.03 Å². The van der Waals surface area contributed by atoms with Crippen molar-refractivity contribution in [2.24, 2.45) is 0 Å². The van der Waals surface area contributed by atoms with Crippen LogP contribution >= 0.6 is 47.4 Å². The van der Waals surface area contributed by atoms with Crippen molar-refractivity contribution in [3.8, 4) is 0 Å². The van der Waals surface area contributed by atoms with Crippen LogP contribution in [0.2, 0.25) is 0 Å². The first-order valence-electron chi connectivity index (χ1n) is 1.46. The van der Waals surface area contributed by atoms with Gasteiger partial charge in [-0.1, -0.05) is 47.4 Å². The molecule has 0 aliphatic heterocycles. The highest BCUT2D eigenvalue weighted by Gasteiger charge is 1.92. The first kappa shape index (κ1) is 7.96. The highest BCUT2D eigenvalue weighted by Crippen LogP contribution is 2.17. The fourth-order valence-corrected chi connectivity index (χ4v) is 0.491. The molecule has 0 aliphatic rings. The van der Waals surface area contributed by atoms with E-state index in [9.17, 15) is 0 Å². The van der Waals surface area contributed by atoms with E-state index in [1.165, 1.54) is 0 Å². The van der Waals surface area contributed by atoms with Gasteiger partial charge in [0, 0.05) is 5.75 Å². The standard InChI is InChI=1S/C3H2Cl3S/c4-2(1-7)3(5)6/h1H2. The second kappa shape index (κ2) is 3.90. The molecule has 0 fully saturated rings. The molecule has 0 unspecified atom stereocenters. The second-order valence-corrected chi connectivity index (χ2v) is 2.50. The van der Waals surface area contributed by atoms with Gasteiger partial charge in [-0.05, 0) is 0 Å². The summed E-state index contributed by atoms with van der Waals surface area (Å²) in [6, 6.07) is 0. The maximum absolute atomic E-state index is 5.31. The summed E-state index contributed by atoms with van der Waals surface area (Å²) in [6.45, 7) is 0. The van der Waals surface area contributed by atoms with Gasteiger partial charge in [0.1, 0.15) is 4.49 Å². The molecule has 1 radical (unpaired) electrons. The molecule has 0 amide bonds. The predicted octanol–water partition coefficient (Wildman–Crippen LogP) is 3.07. The Morgan fingerprint density at radius 2 is 1.71 bits per heavy atom. The Morgan fingerprint density at radius 3 is 1.71 bits per heavy atom. The summed E-state index contributed by atoms with van der Waals surface area (Å²) in [5, 5.41) is 0.332. The van der Waals surface area contributed by atoms with Gasteiger partial charge in [0.25, 0.3) is 0 Å². The molecular formula is C3H2Cl3S. The Morgan fingerprint density at radius 1 is 1.29 bits per heavy atom. The van der Waals surface area contributed by atoms with Gasteiger partial charge in [-0.2, -0.15) is 0 Å². The monoisotopic (exact) mass is 175 g/mol. The highest BCUT2D eigenvalue weighted by atomic mass is 35.5. The van der Waals surface area contributed by atoms with Crippen LogP contribution in [0.25, 0.3) is 0 Å². The van der Waals surface area contributed by atoms with Crippen LogP contribution in [0, 0.1) is 0 Å². The van der Waals surface area contributed by atoms with E-state index in [0.29, 0.717) is 5.03 Å². The third-order valence-corrected chi connectivity index (χ3v) is 1.75. The molecule has 41 valence electrons. The largest absolute Gasteiger partial charge is 0.122 e. The minimum atomic E-state index is 0.0664. The topological polar surface area (TPSA) is 0 Å². The molecule has 0 atom stereocenters. The lowest BCUT2D eigenvalue weighted by molar-refractivity contribution is 1.72. The molecule has 7 heavy (non-hydrogen) atoms. The SMILES string of the molecule is [S]CC(Cl)=C(Cl)Cl. The molecule has 0 nitrogen and oxygen atoms in total. The average Bonchev–Trinajstić information content (AvgIpc) is 1.65. The molecule has 0 aromatic carbocycles. The van der Waals surface area contributed by atoms with Crippen molar-refractivity contribution < 1.29 is 0 Å². The zero-order chi connectivity index (χ0) is 5.86. The molecule has 0 spiro atoms. The molecule has 0 aromatic heterocycles. The normalized spacial score (nSPS) is 8.57. The smallest absolute Gasteiger partial charge is 0.0879 e. The molecular weight excluding hydrogens is 174 g/mol. The lowest BCUT2D eigenvalue weighted by Gasteiger charge is -1.85. The van der Waals surface area contributed by atoms with E-state index in [1.54, 1.807) is 0 Å². The van der Waals surface area contributed by atoms with Crippen molar-refractivity contribution in [3.63, 3.8) is 0 Å². The summed E-state index contributed by atoms with van der Waals surface area (Å²) in [6.07, 6.45) is 0. The molecule has 0 saturated carbocycles. The molecule has 0 bridgehead atoms. The van der Waals surface area contributed by atoms with Gasteiger partial charge in [0.2, 0.25) is 0 Å². The number of rotatable bonds is 1. The number of hydrogen-bond acceptors (Lipinski definition) is 0. The Bertz CT molecular complexity index is 84.2. The fourth-order valence-electron chi connectivity index (χ4n) is 0.0546. The highest BCUT2D eigenvalue weighted by molar-refractivity contribution is 7.80. The number of halogens is 3. The Kier molecular flexibility index (Phi) is 4.44. The summed E-state index contributed by atoms with van der Waals surface area (Å²) in [7, 11) is 0. The Balaban J connectivity index is 3.72. The van der Waals surface area contributed by atoms with Crippen molar-refractivity contribution in [1.29, 1.82) is 0 Å². The van der Waals surface area contributed by atoms with Gasteiger partial charge < -0.3 is 0 Å². The van der Waals surface area contributed by atoms with Crippen LogP contribution in [0.1, 0.15) is 0 Å². The van der Waals surface area contributed by atoms with E-state index < -0.39 is 0 Å². The maximum atomic E-state index is 5.31. The zero-order valence-electron chi connectivity index (χ0n) is 3.25. The van der Waals surface area contributed by atoms with Crippen molar-refractivity contribution >= 4 is 47.4 Å². The van der Waals surface area contributed by atoms with Gasteiger partial charge in [0.15, 0.2) is 0 Å². The van der Waals surface area contributed by atoms with Crippen LogP contribution in [0.3, 0.4) is 0 Å². The summed E-state index contributed by atoms with van der Waals surface area (Å²) >= 11 is 20.2. The third-order valence-electron chi connectivity index (χ3n) is 0.332. The molecule has 0 aliphatic carbocycles. The molecule has 0 heterocycles. The summed E-state index contributed by atoms with van der Waals surface area (Å²) < 4.78 is 0.0664. The minimum absolute atomic E-state index is 0.0664. The van der Waals surface area contributed by atoms with Gasteiger partial charge in [-0.3, -0.25) is 0 Å².